The normalized spacial score (nSPS) is 15.9. The minimum Gasteiger partial charge on any atom is -0.457 e. The highest BCUT2D eigenvalue weighted by atomic mass is 19.1. The van der Waals surface area contributed by atoms with Crippen LogP contribution in [0.1, 0.15) is 84.8 Å². The maximum absolute atomic E-state index is 15.5. The maximum atomic E-state index is 15.5. The molecule has 0 aromatic heterocycles. The van der Waals surface area contributed by atoms with Crippen LogP contribution < -0.4 is 19.5 Å². The van der Waals surface area contributed by atoms with Gasteiger partial charge in [-0.3, -0.25) is 0 Å². The summed E-state index contributed by atoms with van der Waals surface area (Å²) in [7, 11) is 0. The molecule has 0 amide bonds. The van der Waals surface area contributed by atoms with Gasteiger partial charge in [0, 0.05) is 33.6 Å². The second kappa shape index (κ2) is 25.2. The topological polar surface area (TPSA) is 39.7 Å². The highest BCUT2D eigenvalue weighted by molar-refractivity contribution is 5.95. The molecular formula is C98H67F2NO3. The Kier molecular flexibility index (Phi) is 15.3. The van der Waals surface area contributed by atoms with Crippen LogP contribution in [0.4, 0.5) is 20.2 Å². The summed E-state index contributed by atoms with van der Waals surface area (Å²) in [6.45, 7) is 14.3. The highest BCUT2D eigenvalue weighted by Crippen LogP contribution is 2.64. The van der Waals surface area contributed by atoms with Crippen molar-refractivity contribution in [2.45, 2.75) is 23.2 Å². The zero-order chi connectivity index (χ0) is 70.3. The molecule has 4 nitrogen and oxygen atoms in total. The van der Waals surface area contributed by atoms with Gasteiger partial charge in [-0.05, 0) is 227 Å². The molecule has 1 spiro atoms. The molecule has 496 valence electrons. The summed E-state index contributed by atoms with van der Waals surface area (Å²) >= 11 is 0. The van der Waals surface area contributed by atoms with E-state index < -0.39 is 16.2 Å². The zero-order valence-corrected chi connectivity index (χ0v) is 57.0. The molecule has 0 bridgehead atoms. The predicted octanol–water partition coefficient (Wildman–Crippen LogP) is 25.6. The minimum atomic E-state index is -0.945. The molecule has 0 radical (unpaired) electrons. The van der Waals surface area contributed by atoms with Gasteiger partial charge in [-0.2, -0.15) is 0 Å². The van der Waals surface area contributed by atoms with E-state index in [1.54, 1.807) is 30.3 Å². The van der Waals surface area contributed by atoms with Crippen LogP contribution in [0, 0.1) is 11.6 Å². The molecule has 6 heteroatoms. The van der Waals surface area contributed by atoms with E-state index >= 15 is 8.78 Å². The van der Waals surface area contributed by atoms with Crippen molar-refractivity contribution in [3.05, 3.63) is 449 Å². The van der Waals surface area contributed by atoms with Crippen LogP contribution in [-0.4, -0.2) is 0 Å². The summed E-state index contributed by atoms with van der Waals surface area (Å²) < 4.78 is 51.4. The Labute approximate surface area is 604 Å². The van der Waals surface area contributed by atoms with E-state index in [1.807, 2.05) is 115 Å². The molecule has 1 aliphatic heterocycles. The maximum Gasteiger partial charge on any atom is 0.135 e. The first kappa shape index (κ1) is 63.0. The molecule has 14 aromatic rings. The van der Waals surface area contributed by atoms with Gasteiger partial charge >= 0.3 is 0 Å². The summed E-state index contributed by atoms with van der Waals surface area (Å²) in [6, 6.07) is 108. The minimum absolute atomic E-state index is 0.326. The average molecular weight is 1340 g/mol. The lowest BCUT2D eigenvalue weighted by Gasteiger charge is -2.39. The van der Waals surface area contributed by atoms with E-state index in [0.29, 0.717) is 23.0 Å². The van der Waals surface area contributed by atoms with E-state index in [9.17, 15) is 0 Å². The van der Waals surface area contributed by atoms with Gasteiger partial charge in [-0.25, -0.2) is 8.78 Å². The number of hydrogen-bond acceptors (Lipinski definition) is 4. The summed E-state index contributed by atoms with van der Waals surface area (Å²) in [5, 5.41) is 4.14. The number of ether oxygens (including phenoxy) is 3. The van der Waals surface area contributed by atoms with Gasteiger partial charge in [0.1, 0.15) is 46.1 Å². The van der Waals surface area contributed by atoms with Crippen LogP contribution in [0.15, 0.2) is 359 Å². The largest absolute Gasteiger partial charge is 0.457 e. The lowest BCUT2D eigenvalue weighted by molar-refractivity contribution is 0.436. The number of benzene rings is 14. The van der Waals surface area contributed by atoms with Crippen LogP contribution in [0.3, 0.4) is 0 Å². The zero-order valence-electron chi connectivity index (χ0n) is 57.0. The van der Waals surface area contributed by atoms with E-state index in [1.165, 1.54) is 11.1 Å². The number of hydrogen-bond donors (Lipinski definition) is 1. The lowest BCUT2D eigenvalue weighted by atomic mass is 9.66. The molecule has 14 aromatic carbocycles. The van der Waals surface area contributed by atoms with Crippen molar-refractivity contribution >= 4 is 29.1 Å². The SMILES string of the molecule is C=C/C=C\C1=C(C)c2ccccc2C1(c1ccc(F)cc1)c1ccc(Oc2ccc(C=C)cc2)c(-c2ccc(-c3ccc4c(c3)C3(c5ccccc5Oc5ccccc53)c3ccccc3-4)cc2Nc2ccc3c(c2)C(c2ccc(F)cc2)(c2ccc(Oc4ccc(C=C)cc4)cc2)c2ccccc2-3)c1. The van der Waals surface area contributed by atoms with Crippen LogP contribution in [0.25, 0.3) is 62.2 Å². The second-order valence-corrected chi connectivity index (χ2v) is 27.0. The molecule has 0 saturated heterocycles. The Balaban J connectivity index is 0.875. The summed E-state index contributed by atoms with van der Waals surface area (Å²) in [6.07, 6.45) is 9.58. The second-order valence-electron chi connectivity index (χ2n) is 27.0. The molecule has 0 saturated carbocycles. The van der Waals surface area contributed by atoms with Crippen molar-refractivity contribution in [3.8, 4) is 79.0 Å². The number of halogens is 2. The molecule has 2 unspecified atom stereocenters. The third-order valence-electron chi connectivity index (χ3n) is 21.7. The molecular weight excluding hydrogens is 1280 g/mol. The summed E-state index contributed by atoms with van der Waals surface area (Å²) in [4.78, 5) is 0. The number of anilines is 2. The van der Waals surface area contributed by atoms with E-state index in [0.717, 1.165) is 145 Å². The molecule has 0 fully saturated rings. The number of fused-ring (bicyclic) bond motifs is 13. The van der Waals surface area contributed by atoms with Crippen molar-refractivity contribution in [1.82, 2.24) is 0 Å². The van der Waals surface area contributed by atoms with Crippen LogP contribution >= 0.6 is 0 Å². The summed E-state index contributed by atoms with van der Waals surface area (Å²) in [5.74, 6) is 3.61. The fourth-order valence-corrected chi connectivity index (χ4v) is 17.2. The first-order chi connectivity index (χ1) is 51.1. The number of nitrogens with one attached hydrogen (secondary N) is 1. The third kappa shape index (κ3) is 9.85. The van der Waals surface area contributed by atoms with Crippen molar-refractivity contribution in [2.24, 2.45) is 0 Å². The molecule has 3 aliphatic carbocycles. The van der Waals surface area contributed by atoms with E-state index in [4.69, 9.17) is 14.2 Å². The van der Waals surface area contributed by atoms with Gasteiger partial charge in [0.05, 0.1) is 16.2 Å². The van der Waals surface area contributed by atoms with Gasteiger partial charge in [0.2, 0.25) is 0 Å². The van der Waals surface area contributed by atoms with E-state index in [2.05, 4.69) is 232 Å². The van der Waals surface area contributed by atoms with Gasteiger partial charge in [-0.15, -0.1) is 0 Å². The molecule has 1 N–H and O–H groups in total. The smallest absolute Gasteiger partial charge is 0.135 e. The Morgan fingerprint density at radius 2 is 0.798 bits per heavy atom. The fourth-order valence-electron chi connectivity index (χ4n) is 17.2. The van der Waals surface area contributed by atoms with Gasteiger partial charge in [0.15, 0.2) is 0 Å². The first-order valence-electron chi connectivity index (χ1n) is 35.1. The van der Waals surface area contributed by atoms with Gasteiger partial charge in [0.25, 0.3) is 0 Å². The predicted molar refractivity (Wildman–Crippen MR) is 420 cm³/mol. The Hall–Kier alpha value is -13.2. The number of rotatable bonds is 16. The van der Waals surface area contributed by atoms with Crippen molar-refractivity contribution < 1.29 is 23.0 Å². The Morgan fingerprint density at radius 1 is 0.356 bits per heavy atom. The van der Waals surface area contributed by atoms with Gasteiger partial charge < -0.3 is 19.5 Å². The first-order valence-corrected chi connectivity index (χ1v) is 35.1. The molecule has 1 heterocycles. The van der Waals surface area contributed by atoms with Crippen molar-refractivity contribution in [1.29, 1.82) is 0 Å². The fraction of sp³-hybridized carbons (Fsp3) is 0.0408. The van der Waals surface area contributed by atoms with E-state index in [-0.39, 0.29) is 11.6 Å². The summed E-state index contributed by atoms with van der Waals surface area (Å²) in [5.41, 5.74) is 23.7. The Bertz CT molecular complexity index is 5840. The monoisotopic (exact) mass is 1340 g/mol. The molecule has 4 aliphatic rings. The molecule has 18 rings (SSSR count). The van der Waals surface area contributed by atoms with Gasteiger partial charge in [-0.1, -0.05) is 256 Å². The number of allylic oxidation sites excluding steroid dienone is 5. The van der Waals surface area contributed by atoms with Crippen molar-refractivity contribution in [3.63, 3.8) is 0 Å². The van der Waals surface area contributed by atoms with Crippen LogP contribution in [0.2, 0.25) is 0 Å². The van der Waals surface area contributed by atoms with Crippen LogP contribution in [0.5, 0.6) is 34.5 Å². The third-order valence-corrected chi connectivity index (χ3v) is 21.7. The average Bonchev–Trinajstić information content (AvgIpc) is 1.54. The standard InChI is InChI=1S/C98H67F2NO3/c1-5-8-22-84-62(4)77-19-9-12-23-85(77)97(84,68-38-45-72(100)46-39-68)70-42-57-93(103-76-50-32-64(7-3)33-51-76)83(60-70)82-55-35-66(65-34-54-80-79-21-11-14-25-87(79)98(90(80)58-65)88-26-15-17-28-94(88)104-95-29-18-16-27-89(95)98)59-92(82)101-73-47-56-81-78-20-10-13-24-86(78)96(91(81)61-73,67-36-43-71(99)44-37-67)69-40-52-75(53-41-69)102-74-48-30-63(6-2)31-49-74/h5-61,101H,1-3H2,4H3/b22-8-. The quantitative estimate of drug-likeness (QED) is 0.0979. The molecule has 104 heavy (non-hydrogen) atoms. The van der Waals surface area contributed by atoms with Crippen LogP contribution in [-0.2, 0) is 16.2 Å². The van der Waals surface area contributed by atoms with Crippen molar-refractivity contribution in [2.75, 3.05) is 5.32 Å². The highest BCUT2D eigenvalue weighted by Gasteiger charge is 2.52. The lowest BCUT2D eigenvalue weighted by Crippen LogP contribution is -2.32. The molecule has 2 atom stereocenters. The Morgan fingerprint density at radius 3 is 1.38 bits per heavy atom. The number of para-hydroxylation sites is 2.